The first-order chi connectivity index (χ1) is 17.3. The minimum absolute atomic E-state index is 0.122. The summed E-state index contributed by atoms with van der Waals surface area (Å²) in [6, 6.07) is 6.38. The second-order valence-electron chi connectivity index (χ2n) is 10.8. The molecule has 9 nitrogen and oxygen atoms in total. The number of carbonyl (C=O) groups is 1. The summed E-state index contributed by atoms with van der Waals surface area (Å²) in [5, 5.41) is 15.7. The third-order valence-electron chi connectivity index (χ3n) is 6.90. The monoisotopic (exact) mass is 492 g/mol. The van der Waals surface area contributed by atoms with Crippen molar-refractivity contribution >= 4 is 28.5 Å². The SMILES string of the molecule is CC(C)(C)OC(=O)N1CCN(c2cc3c(O)[nH]cc3c(-c3ccnc(NC4CCCCC4)c3)n2)CC1. The summed E-state index contributed by atoms with van der Waals surface area (Å²) >= 11 is 0. The molecule has 4 heterocycles. The van der Waals surface area contributed by atoms with Gasteiger partial charge >= 0.3 is 6.09 Å². The highest BCUT2D eigenvalue weighted by Crippen LogP contribution is 2.35. The molecule has 1 amide bonds. The van der Waals surface area contributed by atoms with Gasteiger partial charge < -0.3 is 29.9 Å². The van der Waals surface area contributed by atoms with Crippen LogP contribution in [-0.4, -0.2) is 68.9 Å². The lowest BCUT2D eigenvalue weighted by Crippen LogP contribution is -2.50. The van der Waals surface area contributed by atoms with Crippen molar-refractivity contribution in [3.05, 3.63) is 30.6 Å². The number of carbonyl (C=O) groups excluding carboxylic acids is 1. The number of H-pyrrole nitrogens is 1. The molecular formula is C27H36N6O3. The Balaban J connectivity index is 1.39. The molecule has 2 fully saturated rings. The van der Waals surface area contributed by atoms with Crippen LogP contribution in [0, 0.1) is 0 Å². The van der Waals surface area contributed by atoms with Crippen molar-refractivity contribution < 1.29 is 14.6 Å². The average Bonchev–Trinajstić information content (AvgIpc) is 3.24. The van der Waals surface area contributed by atoms with Crippen LogP contribution in [0.3, 0.4) is 0 Å². The van der Waals surface area contributed by atoms with Crippen molar-refractivity contribution in [2.24, 2.45) is 0 Å². The normalized spacial score (nSPS) is 17.4. The van der Waals surface area contributed by atoms with Crippen LogP contribution in [0.15, 0.2) is 30.6 Å². The van der Waals surface area contributed by atoms with E-state index in [4.69, 9.17) is 9.72 Å². The molecule has 0 atom stereocenters. The fourth-order valence-electron chi connectivity index (χ4n) is 5.04. The number of piperazine rings is 1. The summed E-state index contributed by atoms with van der Waals surface area (Å²) in [4.78, 5) is 28.9. The highest BCUT2D eigenvalue weighted by molar-refractivity contribution is 5.99. The second-order valence-corrected chi connectivity index (χ2v) is 10.8. The van der Waals surface area contributed by atoms with E-state index in [1.54, 1.807) is 11.1 Å². The number of rotatable bonds is 4. The van der Waals surface area contributed by atoms with Gasteiger partial charge in [-0.05, 0) is 51.8 Å². The van der Waals surface area contributed by atoms with Crippen LogP contribution in [0.4, 0.5) is 16.4 Å². The smallest absolute Gasteiger partial charge is 0.410 e. The van der Waals surface area contributed by atoms with E-state index in [2.05, 4.69) is 20.2 Å². The Morgan fingerprint density at radius 3 is 2.58 bits per heavy atom. The topological polar surface area (TPSA) is 107 Å². The van der Waals surface area contributed by atoms with Gasteiger partial charge in [0.1, 0.15) is 17.2 Å². The van der Waals surface area contributed by atoms with E-state index in [1.807, 2.05) is 45.2 Å². The van der Waals surface area contributed by atoms with Crippen LogP contribution in [0.2, 0.25) is 0 Å². The molecule has 2 aliphatic rings. The third kappa shape index (κ3) is 5.34. The van der Waals surface area contributed by atoms with E-state index in [0.29, 0.717) is 32.2 Å². The molecule has 0 spiro atoms. The first kappa shape index (κ1) is 24.2. The highest BCUT2D eigenvalue weighted by Gasteiger charge is 2.27. The van der Waals surface area contributed by atoms with E-state index in [9.17, 15) is 9.90 Å². The zero-order valence-electron chi connectivity index (χ0n) is 21.4. The van der Waals surface area contributed by atoms with Gasteiger partial charge in [-0.1, -0.05) is 19.3 Å². The number of aromatic amines is 1. The van der Waals surface area contributed by atoms with Gasteiger partial charge in [-0.25, -0.2) is 14.8 Å². The maximum Gasteiger partial charge on any atom is 0.410 e. The Bertz CT molecular complexity index is 1220. The number of aromatic nitrogens is 3. The standard InChI is InChI=1S/C27H36N6O3/c1-27(2,3)36-26(35)33-13-11-32(12-14-33)23-16-20-21(17-29-25(20)34)24(31-23)18-9-10-28-22(15-18)30-19-7-5-4-6-8-19/h9-10,15-17,19,29,34H,4-8,11-14H2,1-3H3,(H,28,30). The predicted molar refractivity (Wildman–Crippen MR) is 142 cm³/mol. The van der Waals surface area contributed by atoms with Gasteiger partial charge in [-0.2, -0.15) is 0 Å². The van der Waals surface area contributed by atoms with Crippen LogP contribution >= 0.6 is 0 Å². The van der Waals surface area contributed by atoms with Gasteiger partial charge in [-0.15, -0.1) is 0 Å². The molecule has 3 N–H and O–H groups in total. The summed E-state index contributed by atoms with van der Waals surface area (Å²) in [7, 11) is 0. The molecule has 0 radical (unpaired) electrons. The van der Waals surface area contributed by atoms with Crippen LogP contribution in [0.25, 0.3) is 22.0 Å². The molecule has 0 unspecified atom stereocenters. The van der Waals surface area contributed by atoms with Gasteiger partial charge in [0, 0.05) is 61.0 Å². The number of nitrogens with one attached hydrogen (secondary N) is 2. The quantitative estimate of drug-likeness (QED) is 0.463. The molecule has 9 heteroatoms. The summed E-state index contributed by atoms with van der Waals surface area (Å²) in [5.74, 6) is 1.75. The van der Waals surface area contributed by atoms with E-state index in [0.717, 1.165) is 33.7 Å². The highest BCUT2D eigenvalue weighted by atomic mass is 16.6. The molecule has 0 bridgehead atoms. The molecule has 5 rings (SSSR count). The Labute approximate surface area is 211 Å². The number of anilines is 2. The van der Waals surface area contributed by atoms with E-state index >= 15 is 0 Å². The molecule has 1 aliphatic carbocycles. The number of ether oxygens (including phenoxy) is 1. The lowest BCUT2D eigenvalue weighted by molar-refractivity contribution is 0.0240. The van der Waals surface area contributed by atoms with Gasteiger partial charge in [-0.3, -0.25) is 0 Å². The summed E-state index contributed by atoms with van der Waals surface area (Å²) in [5.41, 5.74) is 1.22. The van der Waals surface area contributed by atoms with E-state index in [-0.39, 0.29) is 12.0 Å². The minimum Gasteiger partial charge on any atom is -0.494 e. The third-order valence-corrected chi connectivity index (χ3v) is 6.90. The number of amides is 1. The number of hydrogen-bond acceptors (Lipinski definition) is 7. The Morgan fingerprint density at radius 2 is 1.86 bits per heavy atom. The maximum absolute atomic E-state index is 12.5. The maximum atomic E-state index is 12.5. The Morgan fingerprint density at radius 1 is 1.11 bits per heavy atom. The lowest BCUT2D eigenvalue weighted by Gasteiger charge is -2.36. The lowest BCUT2D eigenvalue weighted by atomic mass is 9.95. The Hall–Kier alpha value is -3.49. The first-order valence-electron chi connectivity index (χ1n) is 12.9. The zero-order chi connectivity index (χ0) is 25.3. The van der Waals surface area contributed by atoms with Gasteiger partial charge in [0.05, 0.1) is 5.69 Å². The summed E-state index contributed by atoms with van der Waals surface area (Å²) < 4.78 is 5.53. The van der Waals surface area contributed by atoms with E-state index < -0.39 is 5.60 Å². The first-order valence-corrected chi connectivity index (χ1v) is 12.9. The van der Waals surface area contributed by atoms with Crippen LogP contribution < -0.4 is 10.2 Å². The number of aromatic hydroxyl groups is 1. The number of hydrogen-bond donors (Lipinski definition) is 3. The van der Waals surface area contributed by atoms with Crippen molar-refractivity contribution in [1.29, 1.82) is 0 Å². The van der Waals surface area contributed by atoms with Gasteiger partial charge in [0.15, 0.2) is 5.88 Å². The molecule has 1 saturated heterocycles. The summed E-state index contributed by atoms with van der Waals surface area (Å²) in [6.07, 6.45) is 9.48. The molecule has 36 heavy (non-hydrogen) atoms. The minimum atomic E-state index is -0.517. The molecule has 192 valence electrons. The fraction of sp³-hybridized carbons (Fsp3) is 0.519. The fourth-order valence-corrected chi connectivity index (χ4v) is 5.04. The second kappa shape index (κ2) is 9.87. The van der Waals surface area contributed by atoms with Crippen LogP contribution in [0.1, 0.15) is 52.9 Å². The van der Waals surface area contributed by atoms with Crippen LogP contribution in [0.5, 0.6) is 5.88 Å². The van der Waals surface area contributed by atoms with Crippen LogP contribution in [-0.2, 0) is 4.74 Å². The summed E-state index contributed by atoms with van der Waals surface area (Å²) in [6.45, 7) is 7.99. The largest absolute Gasteiger partial charge is 0.494 e. The van der Waals surface area contributed by atoms with Crippen molar-refractivity contribution in [2.75, 3.05) is 36.4 Å². The molecule has 1 saturated carbocycles. The average molecular weight is 493 g/mol. The molecule has 1 aliphatic heterocycles. The number of fused-ring (bicyclic) bond motifs is 1. The molecule has 3 aromatic heterocycles. The van der Waals surface area contributed by atoms with Crippen molar-refractivity contribution in [1.82, 2.24) is 19.9 Å². The predicted octanol–water partition coefficient (Wildman–Crippen LogP) is 5.13. The van der Waals surface area contributed by atoms with Gasteiger partial charge in [0.25, 0.3) is 0 Å². The van der Waals surface area contributed by atoms with Crippen molar-refractivity contribution in [3.8, 4) is 17.1 Å². The van der Waals surface area contributed by atoms with E-state index in [1.165, 1.54) is 32.1 Å². The molecular weight excluding hydrogens is 456 g/mol. The van der Waals surface area contributed by atoms with Crippen molar-refractivity contribution in [2.45, 2.75) is 64.5 Å². The number of nitrogens with zero attached hydrogens (tertiary/aromatic N) is 4. The molecule has 3 aromatic rings. The molecule has 0 aromatic carbocycles. The zero-order valence-corrected chi connectivity index (χ0v) is 21.4. The number of pyridine rings is 2. The van der Waals surface area contributed by atoms with Gasteiger partial charge in [0.2, 0.25) is 0 Å². The Kier molecular flexibility index (Phi) is 6.64. The van der Waals surface area contributed by atoms with Crippen molar-refractivity contribution in [3.63, 3.8) is 0 Å².